The molecule has 0 fully saturated rings. The highest BCUT2D eigenvalue weighted by atomic mass is 16.5. The fourth-order valence-corrected chi connectivity index (χ4v) is 1.37. The Labute approximate surface area is 94.4 Å². The number of nitrogen functional groups attached to an aromatic ring is 1. The van der Waals surface area contributed by atoms with Gasteiger partial charge in [-0.2, -0.15) is 0 Å². The van der Waals surface area contributed by atoms with Crippen LogP contribution in [0.5, 0.6) is 0 Å². The van der Waals surface area contributed by atoms with E-state index in [2.05, 4.69) is 4.74 Å². The summed E-state index contributed by atoms with van der Waals surface area (Å²) in [6.45, 7) is 1.76. The summed E-state index contributed by atoms with van der Waals surface area (Å²) in [7, 11) is 1.26. The molecule has 0 aliphatic rings. The molecule has 0 radical (unpaired) electrons. The molecule has 1 aromatic carbocycles. The van der Waals surface area contributed by atoms with Gasteiger partial charge in [0.2, 0.25) is 0 Å². The topological polar surface area (TPSA) is 75.8 Å². The van der Waals surface area contributed by atoms with Gasteiger partial charge in [-0.1, -0.05) is 19.1 Å². The number of rotatable bonds is 3. The first-order valence-electron chi connectivity index (χ1n) is 5.01. The monoisotopic (exact) mass is 224 g/mol. The molecule has 1 rings (SSSR count). The van der Waals surface area contributed by atoms with E-state index in [9.17, 15) is 9.90 Å². The van der Waals surface area contributed by atoms with Gasteiger partial charge in [0, 0.05) is 0 Å². The Hall–Kier alpha value is -1.75. The summed E-state index contributed by atoms with van der Waals surface area (Å²) >= 11 is 0. The van der Waals surface area contributed by atoms with Crippen LogP contribution in [-0.4, -0.2) is 24.5 Å². The Morgan fingerprint density at radius 3 is 2.69 bits per heavy atom. The molecule has 1 unspecified atom stereocenters. The zero-order valence-corrected chi connectivity index (χ0v) is 9.38. The number of hydrogen-bond donors (Lipinski definition) is 2. The van der Waals surface area contributed by atoms with Crippen LogP contribution in [0.25, 0.3) is 0 Å². The second kappa shape index (κ2) is 5.37. The highest BCUT2D eigenvalue weighted by Gasteiger charge is 2.24. The van der Waals surface area contributed by atoms with Crippen molar-refractivity contribution in [3.05, 3.63) is 24.3 Å². The molecule has 5 heteroatoms. The van der Waals surface area contributed by atoms with Crippen LogP contribution >= 0.6 is 0 Å². The molecule has 0 saturated heterocycles. The molecular weight excluding hydrogens is 208 g/mol. The largest absolute Gasteiger partial charge is 0.452 e. The minimum absolute atomic E-state index is 0.392. The number of benzene rings is 1. The van der Waals surface area contributed by atoms with E-state index in [1.54, 1.807) is 31.2 Å². The second-order valence-corrected chi connectivity index (χ2v) is 3.29. The SMILES string of the molecule is CCC(O)N(C(=O)OC)c1ccccc1N. The molecule has 5 nitrogen and oxygen atoms in total. The minimum atomic E-state index is -0.947. The van der Waals surface area contributed by atoms with E-state index in [-0.39, 0.29) is 0 Å². The number of ether oxygens (including phenoxy) is 1. The van der Waals surface area contributed by atoms with E-state index in [4.69, 9.17) is 5.73 Å². The maximum Gasteiger partial charge on any atom is 0.416 e. The lowest BCUT2D eigenvalue weighted by Gasteiger charge is -2.26. The van der Waals surface area contributed by atoms with Gasteiger partial charge in [-0.05, 0) is 18.6 Å². The smallest absolute Gasteiger partial charge is 0.416 e. The van der Waals surface area contributed by atoms with E-state index in [0.29, 0.717) is 17.8 Å². The van der Waals surface area contributed by atoms with Crippen molar-refractivity contribution >= 4 is 17.5 Å². The van der Waals surface area contributed by atoms with Gasteiger partial charge in [0.1, 0.15) is 6.23 Å². The van der Waals surface area contributed by atoms with Gasteiger partial charge in [-0.3, -0.25) is 0 Å². The van der Waals surface area contributed by atoms with Crippen LogP contribution < -0.4 is 10.6 Å². The number of para-hydroxylation sites is 2. The van der Waals surface area contributed by atoms with E-state index in [0.717, 1.165) is 4.90 Å². The third-order valence-electron chi connectivity index (χ3n) is 2.23. The van der Waals surface area contributed by atoms with Gasteiger partial charge in [0.25, 0.3) is 0 Å². The Morgan fingerprint density at radius 1 is 1.56 bits per heavy atom. The molecule has 0 saturated carbocycles. The normalized spacial score (nSPS) is 11.9. The summed E-state index contributed by atoms with van der Waals surface area (Å²) in [4.78, 5) is 12.7. The molecule has 0 aromatic heterocycles. The van der Waals surface area contributed by atoms with Crippen molar-refractivity contribution in [3.8, 4) is 0 Å². The summed E-state index contributed by atoms with van der Waals surface area (Å²) in [6, 6.07) is 6.81. The Morgan fingerprint density at radius 2 is 2.19 bits per heavy atom. The molecule has 1 aromatic rings. The van der Waals surface area contributed by atoms with Crippen LogP contribution in [0.2, 0.25) is 0 Å². The second-order valence-electron chi connectivity index (χ2n) is 3.29. The first-order valence-corrected chi connectivity index (χ1v) is 5.01. The van der Waals surface area contributed by atoms with Crippen LogP contribution in [0, 0.1) is 0 Å². The van der Waals surface area contributed by atoms with Gasteiger partial charge >= 0.3 is 6.09 Å². The molecule has 16 heavy (non-hydrogen) atoms. The van der Waals surface area contributed by atoms with E-state index < -0.39 is 12.3 Å². The lowest BCUT2D eigenvalue weighted by molar-refractivity contribution is 0.133. The highest BCUT2D eigenvalue weighted by Crippen LogP contribution is 2.25. The summed E-state index contributed by atoms with van der Waals surface area (Å²) < 4.78 is 4.62. The van der Waals surface area contributed by atoms with E-state index in [1.165, 1.54) is 7.11 Å². The molecule has 0 spiro atoms. The Kier molecular flexibility index (Phi) is 4.13. The number of carbonyl (C=O) groups excluding carboxylic acids is 1. The molecule has 0 aliphatic carbocycles. The summed E-state index contributed by atoms with van der Waals surface area (Å²) in [6.07, 6.45) is -1.19. The fraction of sp³-hybridized carbons (Fsp3) is 0.364. The van der Waals surface area contributed by atoms with Crippen molar-refractivity contribution in [2.75, 3.05) is 17.7 Å². The first kappa shape index (κ1) is 12.3. The van der Waals surface area contributed by atoms with Crippen molar-refractivity contribution in [3.63, 3.8) is 0 Å². The minimum Gasteiger partial charge on any atom is -0.452 e. The molecule has 0 heterocycles. The van der Waals surface area contributed by atoms with Crippen LogP contribution in [0.15, 0.2) is 24.3 Å². The van der Waals surface area contributed by atoms with Gasteiger partial charge in [-0.25, -0.2) is 9.69 Å². The number of anilines is 2. The lowest BCUT2D eigenvalue weighted by Crippen LogP contribution is -2.40. The molecule has 0 aliphatic heterocycles. The first-order chi connectivity index (χ1) is 7.61. The number of hydrogen-bond acceptors (Lipinski definition) is 4. The molecule has 1 atom stereocenters. The summed E-state index contributed by atoms with van der Waals surface area (Å²) in [5, 5.41) is 9.77. The number of carbonyl (C=O) groups is 1. The molecule has 0 bridgehead atoms. The summed E-state index contributed by atoms with van der Waals surface area (Å²) in [5.41, 5.74) is 6.61. The zero-order chi connectivity index (χ0) is 12.1. The number of nitrogens with two attached hydrogens (primary N) is 1. The number of aliphatic hydroxyl groups excluding tert-OH is 1. The fourth-order valence-electron chi connectivity index (χ4n) is 1.37. The lowest BCUT2D eigenvalue weighted by atomic mass is 10.2. The van der Waals surface area contributed by atoms with Crippen molar-refractivity contribution in [2.24, 2.45) is 0 Å². The van der Waals surface area contributed by atoms with Crippen LogP contribution in [0.4, 0.5) is 16.2 Å². The van der Waals surface area contributed by atoms with Crippen molar-refractivity contribution in [1.82, 2.24) is 0 Å². The molecule has 3 N–H and O–H groups in total. The number of aliphatic hydroxyl groups is 1. The third-order valence-corrected chi connectivity index (χ3v) is 2.23. The van der Waals surface area contributed by atoms with E-state index in [1.807, 2.05) is 0 Å². The standard InChI is InChI=1S/C11H16N2O3/c1-3-10(14)13(11(15)16-2)9-7-5-4-6-8(9)12/h4-7,10,14H,3,12H2,1-2H3. The maximum absolute atomic E-state index is 11.6. The van der Waals surface area contributed by atoms with Gasteiger partial charge in [0.15, 0.2) is 0 Å². The average molecular weight is 224 g/mol. The van der Waals surface area contributed by atoms with Gasteiger partial charge < -0.3 is 15.6 Å². The number of methoxy groups -OCH3 is 1. The van der Waals surface area contributed by atoms with Crippen LogP contribution in [0.1, 0.15) is 13.3 Å². The molecule has 1 amide bonds. The predicted octanol–water partition coefficient (Wildman–Crippen LogP) is 1.57. The van der Waals surface area contributed by atoms with Gasteiger partial charge in [-0.15, -0.1) is 0 Å². The van der Waals surface area contributed by atoms with Crippen LogP contribution in [0.3, 0.4) is 0 Å². The zero-order valence-electron chi connectivity index (χ0n) is 9.38. The van der Waals surface area contributed by atoms with Crippen LogP contribution in [-0.2, 0) is 4.74 Å². The Balaban J connectivity index is 3.11. The van der Waals surface area contributed by atoms with Crippen molar-refractivity contribution in [1.29, 1.82) is 0 Å². The van der Waals surface area contributed by atoms with Crippen molar-refractivity contribution in [2.45, 2.75) is 19.6 Å². The number of amides is 1. The molecule has 88 valence electrons. The average Bonchev–Trinajstić information content (AvgIpc) is 2.31. The number of nitrogens with zero attached hydrogens (tertiary/aromatic N) is 1. The van der Waals surface area contributed by atoms with Crippen molar-refractivity contribution < 1.29 is 14.6 Å². The van der Waals surface area contributed by atoms with Gasteiger partial charge in [0.05, 0.1) is 18.5 Å². The highest BCUT2D eigenvalue weighted by molar-refractivity contribution is 5.91. The predicted molar refractivity (Wildman–Crippen MR) is 62.0 cm³/mol. The molecular formula is C11H16N2O3. The Bertz CT molecular complexity index is 368. The van der Waals surface area contributed by atoms with E-state index >= 15 is 0 Å². The summed E-state index contributed by atoms with van der Waals surface area (Å²) in [5.74, 6) is 0. The third kappa shape index (κ3) is 2.43. The quantitative estimate of drug-likeness (QED) is 0.603. The maximum atomic E-state index is 11.6.